The summed E-state index contributed by atoms with van der Waals surface area (Å²) in [5.41, 5.74) is 2.10. The van der Waals surface area contributed by atoms with Crippen molar-refractivity contribution in [1.29, 1.82) is 0 Å². The zero-order valence-corrected chi connectivity index (χ0v) is 20.1. The predicted octanol–water partition coefficient (Wildman–Crippen LogP) is 4.67. The molecule has 2 aromatic carbocycles. The van der Waals surface area contributed by atoms with Crippen LogP contribution in [0.5, 0.6) is 11.5 Å². The maximum Gasteiger partial charge on any atom is 0.251 e. The lowest BCUT2D eigenvalue weighted by Gasteiger charge is -2.36. The summed E-state index contributed by atoms with van der Waals surface area (Å²) in [7, 11) is 1.98. The molecule has 1 spiro atoms. The topological polar surface area (TPSA) is 103 Å². The van der Waals surface area contributed by atoms with Crippen molar-refractivity contribution in [1.82, 2.24) is 14.9 Å². The van der Waals surface area contributed by atoms with Crippen molar-refractivity contribution in [3.05, 3.63) is 76.8 Å². The molecule has 2 aliphatic heterocycles. The van der Waals surface area contributed by atoms with Crippen molar-refractivity contribution in [3.8, 4) is 11.5 Å². The molecule has 6 rings (SSSR count). The molecule has 184 valence electrons. The number of H-pyrrole nitrogens is 1. The number of amides is 1. The zero-order chi connectivity index (χ0) is 25.0. The Kier molecular flexibility index (Phi) is 5.36. The van der Waals surface area contributed by atoms with Gasteiger partial charge in [0.05, 0.1) is 28.0 Å². The Labute approximate surface area is 211 Å². The third-order valence-corrected chi connectivity index (χ3v) is 7.19. The number of likely N-dealkylation sites (tertiary alicyclic amines) is 1. The molecule has 8 nitrogen and oxygen atoms in total. The summed E-state index contributed by atoms with van der Waals surface area (Å²) in [5, 5.41) is 18.8. The molecule has 10 heteroatoms. The molecule has 2 atom stereocenters. The number of carbonyl (C=O) groups is 1. The van der Waals surface area contributed by atoms with Gasteiger partial charge in [-0.15, -0.1) is 0 Å². The number of aliphatic hydroxyl groups excluding tert-OH is 1. The van der Waals surface area contributed by atoms with Gasteiger partial charge in [-0.05, 0) is 37.7 Å². The first kappa shape index (κ1) is 22.8. The van der Waals surface area contributed by atoms with Crippen molar-refractivity contribution < 1.29 is 19.0 Å². The number of nitrogens with zero attached hydrogens (tertiary/aromatic N) is 2. The molecule has 2 unspecified atom stereocenters. The van der Waals surface area contributed by atoms with Crippen LogP contribution in [0.2, 0.25) is 5.02 Å². The lowest BCUT2D eigenvalue weighted by molar-refractivity contribution is -0.120. The van der Waals surface area contributed by atoms with Crippen molar-refractivity contribution in [2.45, 2.75) is 18.1 Å². The van der Waals surface area contributed by atoms with Gasteiger partial charge < -0.3 is 30.4 Å². The number of anilines is 2. The van der Waals surface area contributed by atoms with E-state index < -0.39 is 17.5 Å². The SMILES string of the molecule is CN1CCC2(C1)Nc1c(cnc3[nH]cc(C(O)c4ccc(Oc5ccccc5F)cc4Cl)c13)NC2=O. The van der Waals surface area contributed by atoms with Gasteiger partial charge in [-0.2, -0.15) is 0 Å². The molecular weight excluding hydrogens is 485 g/mol. The fourth-order valence-corrected chi connectivity index (χ4v) is 5.28. The van der Waals surface area contributed by atoms with Crippen molar-refractivity contribution in [3.63, 3.8) is 0 Å². The van der Waals surface area contributed by atoms with Crippen molar-refractivity contribution in [2.75, 3.05) is 30.8 Å². The maximum absolute atomic E-state index is 14.0. The summed E-state index contributed by atoms with van der Waals surface area (Å²) in [6, 6.07) is 10.9. The van der Waals surface area contributed by atoms with Crippen LogP contribution in [0.15, 0.2) is 54.9 Å². The molecule has 1 fully saturated rings. The number of likely N-dealkylation sites (N-methyl/N-ethyl adjacent to an activating group) is 1. The van der Waals surface area contributed by atoms with E-state index in [1.54, 1.807) is 36.7 Å². The maximum atomic E-state index is 14.0. The minimum absolute atomic E-state index is 0.0794. The molecule has 4 N–H and O–H groups in total. The van der Waals surface area contributed by atoms with E-state index in [9.17, 15) is 14.3 Å². The first-order valence-corrected chi connectivity index (χ1v) is 11.9. The number of halogens is 2. The third kappa shape index (κ3) is 3.67. The molecule has 0 saturated carbocycles. The van der Waals surface area contributed by atoms with Crippen LogP contribution in [-0.4, -0.2) is 51.6 Å². The number of hydrogen-bond donors (Lipinski definition) is 4. The highest BCUT2D eigenvalue weighted by Crippen LogP contribution is 2.43. The lowest BCUT2D eigenvalue weighted by atomic mass is 9.92. The van der Waals surface area contributed by atoms with E-state index >= 15 is 0 Å². The highest BCUT2D eigenvalue weighted by molar-refractivity contribution is 6.31. The van der Waals surface area contributed by atoms with Gasteiger partial charge in [0.15, 0.2) is 11.6 Å². The summed E-state index contributed by atoms with van der Waals surface area (Å²) in [4.78, 5) is 22.6. The average Bonchev–Trinajstić information content (AvgIpc) is 3.46. The molecule has 1 saturated heterocycles. The summed E-state index contributed by atoms with van der Waals surface area (Å²) < 4.78 is 19.6. The largest absolute Gasteiger partial charge is 0.454 e. The van der Waals surface area contributed by atoms with Gasteiger partial charge in [-0.25, -0.2) is 9.37 Å². The number of nitrogens with one attached hydrogen (secondary N) is 3. The number of aromatic amines is 1. The molecule has 4 aromatic rings. The number of benzene rings is 2. The highest BCUT2D eigenvalue weighted by atomic mass is 35.5. The van der Waals surface area contributed by atoms with Crippen molar-refractivity contribution in [2.24, 2.45) is 0 Å². The second-order valence-corrected chi connectivity index (χ2v) is 9.69. The van der Waals surface area contributed by atoms with Crippen LogP contribution in [0.4, 0.5) is 15.8 Å². The number of ether oxygens (including phenoxy) is 1. The first-order chi connectivity index (χ1) is 17.3. The van der Waals surface area contributed by atoms with Crippen LogP contribution in [0.3, 0.4) is 0 Å². The minimum Gasteiger partial charge on any atom is -0.454 e. The van der Waals surface area contributed by atoms with E-state index in [1.165, 1.54) is 18.2 Å². The Morgan fingerprint density at radius 2 is 2.08 bits per heavy atom. The predicted molar refractivity (Wildman–Crippen MR) is 135 cm³/mol. The van der Waals surface area contributed by atoms with Crippen LogP contribution < -0.4 is 15.4 Å². The molecule has 2 aromatic heterocycles. The number of pyridine rings is 1. The van der Waals surface area contributed by atoms with Gasteiger partial charge in [0.2, 0.25) is 0 Å². The van der Waals surface area contributed by atoms with Gasteiger partial charge >= 0.3 is 0 Å². The molecule has 2 aliphatic rings. The average molecular weight is 508 g/mol. The van der Waals surface area contributed by atoms with E-state index in [0.717, 1.165) is 6.54 Å². The van der Waals surface area contributed by atoms with Gasteiger partial charge in [0.25, 0.3) is 5.91 Å². The van der Waals surface area contributed by atoms with E-state index in [1.807, 2.05) is 7.05 Å². The third-order valence-electron chi connectivity index (χ3n) is 6.86. The molecule has 0 bridgehead atoms. The normalized spacial score (nSPS) is 20.3. The Hall–Kier alpha value is -3.66. The van der Waals surface area contributed by atoms with E-state index in [-0.39, 0.29) is 16.7 Å². The zero-order valence-electron chi connectivity index (χ0n) is 19.3. The summed E-state index contributed by atoms with van der Waals surface area (Å²) in [6.07, 6.45) is 2.86. The van der Waals surface area contributed by atoms with Gasteiger partial charge in [-0.3, -0.25) is 4.79 Å². The number of para-hydroxylation sites is 1. The quantitative estimate of drug-likeness (QED) is 0.320. The van der Waals surface area contributed by atoms with E-state index in [4.69, 9.17) is 16.3 Å². The van der Waals surface area contributed by atoms with Gasteiger partial charge in [-0.1, -0.05) is 29.8 Å². The monoisotopic (exact) mass is 507 g/mol. The standard InChI is InChI=1S/C26H23ClFN5O3/c1-33-9-8-26(13-33)25(35)31-19-12-30-24-21(22(19)32-26)16(11-29-24)23(34)15-7-6-14(10-17(15)27)36-20-5-3-2-4-18(20)28/h2-7,10-12,23,32,34H,8-9,13H2,1H3,(H,29,30)(H,31,35). The first-order valence-electron chi connectivity index (χ1n) is 11.5. The summed E-state index contributed by atoms with van der Waals surface area (Å²) >= 11 is 6.54. The van der Waals surface area contributed by atoms with E-state index in [0.29, 0.717) is 52.3 Å². The number of rotatable bonds is 4. The molecule has 0 radical (unpaired) electrons. The molecule has 0 aliphatic carbocycles. The van der Waals surface area contributed by atoms with Crippen LogP contribution in [0.25, 0.3) is 11.0 Å². The smallest absolute Gasteiger partial charge is 0.251 e. The van der Waals surface area contributed by atoms with E-state index in [2.05, 4.69) is 25.5 Å². The Morgan fingerprint density at radius 1 is 1.25 bits per heavy atom. The van der Waals surface area contributed by atoms with Crippen LogP contribution in [-0.2, 0) is 4.79 Å². The summed E-state index contributed by atoms with van der Waals surface area (Å²) in [6.45, 7) is 1.36. The lowest BCUT2D eigenvalue weighted by Crippen LogP contribution is -2.54. The van der Waals surface area contributed by atoms with Crippen LogP contribution >= 0.6 is 11.6 Å². The molecule has 36 heavy (non-hydrogen) atoms. The van der Waals surface area contributed by atoms with Crippen LogP contribution in [0, 0.1) is 5.82 Å². The Balaban J connectivity index is 1.36. The fraction of sp³-hybridized carbons (Fsp3) is 0.231. The highest BCUT2D eigenvalue weighted by Gasteiger charge is 2.47. The fourth-order valence-electron chi connectivity index (χ4n) is 5.00. The number of hydrogen-bond acceptors (Lipinski definition) is 6. The van der Waals surface area contributed by atoms with Crippen LogP contribution in [0.1, 0.15) is 23.7 Å². The molecule has 4 heterocycles. The Morgan fingerprint density at radius 3 is 2.83 bits per heavy atom. The summed E-state index contributed by atoms with van der Waals surface area (Å²) in [5.74, 6) is -0.155. The second-order valence-electron chi connectivity index (χ2n) is 9.28. The van der Waals surface area contributed by atoms with Gasteiger partial charge in [0.1, 0.15) is 23.0 Å². The number of aliphatic hydroxyl groups is 1. The Bertz CT molecular complexity index is 1510. The second kappa shape index (κ2) is 8.48. The minimum atomic E-state index is -1.09. The van der Waals surface area contributed by atoms with Gasteiger partial charge in [0, 0.05) is 30.4 Å². The number of fused-ring (bicyclic) bond motifs is 3. The molecule has 1 amide bonds. The van der Waals surface area contributed by atoms with Crippen molar-refractivity contribution >= 4 is 39.9 Å². The molecular formula is C26H23ClFN5O3. The number of carbonyl (C=O) groups excluding carboxylic acids is 1. The number of aromatic nitrogens is 2.